The standard InChI is InChI=1S/C26H47O4P/c1-3-5-7-9-11-13-15-17-19-24-21-22-26(30-31(27,28)29)25(23-24)20-18-16-14-12-10-8-6-4-2/h21-23H,3-20H2,1-2H3,(H2,27,28,29). The van der Waals surface area contributed by atoms with Gasteiger partial charge in [-0.1, -0.05) is 116 Å². The van der Waals surface area contributed by atoms with Crippen molar-refractivity contribution in [2.45, 2.75) is 129 Å². The zero-order valence-corrected chi connectivity index (χ0v) is 21.0. The van der Waals surface area contributed by atoms with Crippen molar-refractivity contribution in [2.75, 3.05) is 0 Å². The molecule has 0 saturated carbocycles. The van der Waals surface area contributed by atoms with Crippen LogP contribution < -0.4 is 4.52 Å². The Morgan fingerprint density at radius 1 is 0.677 bits per heavy atom. The quantitative estimate of drug-likeness (QED) is 0.153. The number of phosphoric acid groups is 1. The fourth-order valence-electron chi connectivity index (χ4n) is 4.11. The molecule has 2 N–H and O–H groups in total. The van der Waals surface area contributed by atoms with E-state index in [4.69, 9.17) is 4.52 Å². The van der Waals surface area contributed by atoms with E-state index in [1.54, 1.807) is 6.07 Å². The van der Waals surface area contributed by atoms with Crippen LogP contribution in [0.5, 0.6) is 5.75 Å². The van der Waals surface area contributed by atoms with Crippen LogP contribution in [0, 0.1) is 0 Å². The van der Waals surface area contributed by atoms with Gasteiger partial charge in [-0.2, -0.15) is 0 Å². The number of unbranched alkanes of at least 4 members (excludes halogenated alkanes) is 14. The predicted molar refractivity (Wildman–Crippen MR) is 132 cm³/mol. The second-order valence-electron chi connectivity index (χ2n) is 8.97. The van der Waals surface area contributed by atoms with E-state index in [1.807, 2.05) is 6.07 Å². The van der Waals surface area contributed by atoms with E-state index >= 15 is 0 Å². The summed E-state index contributed by atoms with van der Waals surface area (Å²) in [5, 5.41) is 0. The van der Waals surface area contributed by atoms with Crippen LogP contribution in [0.2, 0.25) is 0 Å². The Kier molecular flexibility index (Phi) is 16.1. The molecular formula is C26H47O4P. The molecule has 0 radical (unpaired) electrons. The summed E-state index contributed by atoms with van der Waals surface area (Å²) in [6, 6.07) is 5.82. The molecule has 0 aliphatic carbocycles. The number of aryl methyl sites for hydroxylation is 2. The maximum absolute atomic E-state index is 11.3. The molecule has 0 atom stereocenters. The summed E-state index contributed by atoms with van der Waals surface area (Å²) in [5.41, 5.74) is 2.19. The molecule has 5 heteroatoms. The van der Waals surface area contributed by atoms with Crippen LogP contribution in [-0.2, 0) is 17.4 Å². The largest absolute Gasteiger partial charge is 0.524 e. The lowest BCUT2D eigenvalue weighted by Crippen LogP contribution is -1.98. The third kappa shape index (κ3) is 15.6. The Balaban J connectivity index is 2.44. The topological polar surface area (TPSA) is 66.8 Å². The second-order valence-corrected chi connectivity index (χ2v) is 10.1. The van der Waals surface area contributed by atoms with Crippen LogP contribution in [0.3, 0.4) is 0 Å². The predicted octanol–water partition coefficient (Wildman–Crippen LogP) is 8.52. The summed E-state index contributed by atoms with van der Waals surface area (Å²) >= 11 is 0. The number of hydrogen-bond acceptors (Lipinski definition) is 2. The first kappa shape index (κ1) is 28.2. The van der Waals surface area contributed by atoms with Crippen LogP contribution in [0.4, 0.5) is 0 Å². The SMILES string of the molecule is CCCCCCCCCCc1ccc(OP(=O)(O)O)c(CCCCCCCCCC)c1. The Morgan fingerprint density at radius 3 is 1.61 bits per heavy atom. The van der Waals surface area contributed by atoms with Crippen LogP contribution in [-0.4, -0.2) is 9.79 Å². The van der Waals surface area contributed by atoms with E-state index < -0.39 is 7.82 Å². The second kappa shape index (κ2) is 17.7. The molecule has 31 heavy (non-hydrogen) atoms. The molecule has 0 unspecified atom stereocenters. The molecule has 0 aromatic heterocycles. The number of phosphoric ester groups is 1. The first-order chi connectivity index (χ1) is 15.0. The average Bonchev–Trinajstić information content (AvgIpc) is 2.72. The van der Waals surface area contributed by atoms with Crippen molar-refractivity contribution in [3.63, 3.8) is 0 Å². The van der Waals surface area contributed by atoms with E-state index in [2.05, 4.69) is 19.9 Å². The molecule has 0 aliphatic heterocycles. The van der Waals surface area contributed by atoms with Gasteiger partial charge in [0.15, 0.2) is 0 Å². The highest BCUT2D eigenvalue weighted by Crippen LogP contribution is 2.39. The molecular weight excluding hydrogens is 407 g/mol. The van der Waals surface area contributed by atoms with Crippen LogP contribution in [0.1, 0.15) is 128 Å². The minimum absolute atomic E-state index is 0.343. The summed E-state index contributed by atoms with van der Waals surface area (Å²) in [4.78, 5) is 18.5. The van der Waals surface area contributed by atoms with E-state index in [9.17, 15) is 14.4 Å². The third-order valence-electron chi connectivity index (χ3n) is 5.96. The van der Waals surface area contributed by atoms with Gasteiger partial charge in [0, 0.05) is 0 Å². The monoisotopic (exact) mass is 454 g/mol. The molecule has 0 saturated heterocycles. The van der Waals surface area contributed by atoms with E-state index in [0.717, 1.165) is 31.2 Å². The number of rotatable bonds is 20. The first-order valence-corrected chi connectivity index (χ1v) is 14.4. The van der Waals surface area contributed by atoms with Crippen LogP contribution >= 0.6 is 7.82 Å². The molecule has 0 fully saturated rings. The van der Waals surface area contributed by atoms with Crippen LogP contribution in [0.15, 0.2) is 18.2 Å². The molecule has 0 spiro atoms. The lowest BCUT2D eigenvalue weighted by molar-refractivity contribution is 0.282. The molecule has 0 heterocycles. The fraction of sp³-hybridized carbons (Fsp3) is 0.769. The molecule has 0 aliphatic rings. The van der Waals surface area contributed by atoms with Gasteiger partial charge in [-0.3, -0.25) is 9.79 Å². The van der Waals surface area contributed by atoms with Gasteiger partial charge in [0.2, 0.25) is 0 Å². The Morgan fingerprint density at radius 2 is 1.13 bits per heavy atom. The fourth-order valence-corrected chi connectivity index (χ4v) is 4.55. The van der Waals surface area contributed by atoms with Gasteiger partial charge in [0.25, 0.3) is 0 Å². The van der Waals surface area contributed by atoms with Crippen molar-refractivity contribution >= 4 is 7.82 Å². The van der Waals surface area contributed by atoms with E-state index in [1.165, 1.54) is 95.5 Å². The maximum Gasteiger partial charge on any atom is 0.524 e. The molecule has 1 aromatic rings. The lowest BCUT2D eigenvalue weighted by Gasteiger charge is -2.14. The molecule has 0 amide bonds. The third-order valence-corrected chi connectivity index (χ3v) is 6.40. The smallest absolute Gasteiger partial charge is 0.404 e. The highest BCUT2D eigenvalue weighted by molar-refractivity contribution is 7.46. The van der Waals surface area contributed by atoms with Gasteiger partial charge in [-0.15, -0.1) is 0 Å². The highest BCUT2D eigenvalue weighted by atomic mass is 31.2. The van der Waals surface area contributed by atoms with Gasteiger partial charge in [0.1, 0.15) is 5.75 Å². The minimum atomic E-state index is -4.53. The van der Waals surface area contributed by atoms with Crippen molar-refractivity contribution < 1.29 is 18.9 Å². The summed E-state index contributed by atoms with van der Waals surface area (Å²) in [6.45, 7) is 4.49. The Labute approximate surface area is 191 Å². The average molecular weight is 455 g/mol. The summed E-state index contributed by atoms with van der Waals surface area (Å²) in [5.74, 6) is 0.343. The number of benzene rings is 1. The van der Waals surface area contributed by atoms with Gasteiger partial charge in [-0.05, 0) is 42.9 Å². The molecule has 180 valence electrons. The highest BCUT2D eigenvalue weighted by Gasteiger charge is 2.18. The Hall–Kier alpha value is -0.830. The van der Waals surface area contributed by atoms with Crippen molar-refractivity contribution in [3.05, 3.63) is 29.3 Å². The molecule has 0 bridgehead atoms. The lowest BCUT2D eigenvalue weighted by atomic mass is 9.99. The van der Waals surface area contributed by atoms with E-state index in [0.29, 0.717) is 5.75 Å². The van der Waals surface area contributed by atoms with Crippen molar-refractivity contribution in [3.8, 4) is 5.75 Å². The maximum atomic E-state index is 11.3. The zero-order chi connectivity index (χ0) is 22.8. The summed E-state index contributed by atoms with van der Waals surface area (Å²) in [7, 11) is -4.53. The van der Waals surface area contributed by atoms with Gasteiger partial charge < -0.3 is 4.52 Å². The first-order valence-electron chi connectivity index (χ1n) is 12.8. The number of hydrogen-bond donors (Lipinski definition) is 2. The minimum Gasteiger partial charge on any atom is -0.404 e. The zero-order valence-electron chi connectivity index (χ0n) is 20.1. The van der Waals surface area contributed by atoms with Crippen molar-refractivity contribution in [1.29, 1.82) is 0 Å². The molecule has 1 aromatic carbocycles. The van der Waals surface area contributed by atoms with Gasteiger partial charge >= 0.3 is 7.82 Å². The van der Waals surface area contributed by atoms with Gasteiger partial charge in [0.05, 0.1) is 0 Å². The summed E-state index contributed by atoms with van der Waals surface area (Å²) < 4.78 is 16.3. The molecule has 4 nitrogen and oxygen atoms in total. The van der Waals surface area contributed by atoms with Crippen LogP contribution in [0.25, 0.3) is 0 Å². The Bertz CT molecular complexity index is 611. The van der Waals surface area contributed by atoms with E-state index in [-0.39, 0.29) is 0 Å². The van der Waals surface area contributed by atoms with Crippen molar-refractivity contribution in [1.82, 2.24) is 0 Å². The summed E-state index contributed by atoms with van der Waals surface area (Å²) in [6.07, 6.45) is 22.2. The van der Waals surface area contributed by atoms with Crippen molar-refractivity contribution in [2.24, 2.45) is 0 Å². The molecule has 1 rings (SSSR count). The normalized spacial score (nSPS) is 11.7. The van der Waals surface area contributed by atoms with Gasteiger partial charge in [-0.25, -0.2) is 4.57 Å².